The number of hydrogen-bond donors (Lipinski definition) is 4. The van der Waals surface area contributed by atoms with Crippen LogP contribution in [0.5, 0.6) is 5.75 Å². The number of nitrogens with one attached hydrogen (secondary N) is 2. The molecule has 0 aliphatic carbocycles. The number of aliphatic hydroxyl groups excluding tert-OH is 1. The minimum atomic E-state index is -0.755. The van der Waals surface area contributed by atoms with E-state index < -0.39 is 18.3 Å². The lowest BCUT2D eigenvalue weighted by Gasteiger charge is -2.36. The molecule has 3 aromatic carbocycles. The molecule has 0 radical (unpaired) electrons. The van der Waals surface area contributed by atoms with Crippen molar-refractivity contribution in [3.05, 3.63) is 89.5 Å². The molecule has 1 aliphatic heterocycles. The van der Waals surface area contributed by atoms with E-state index in [4.69, 9.17) is 14.2 Å². The summed E-state index contributed by atoms with van der Waals surface area (Å²) in [5.41, 5.74) is 3.62. The highest BCUT2D eigenvalue weighted by atomic mass is 32.2. The highest BCUT2D eigenvalue weighted by Gasteiger charge is 2.33. The molecule has 4 aromatic rings. The van der Waals surface area contributed by atoms with E-state index in [1.54, 1.807) is 54.1 Å². The van der Waals surface area contributed by atoms with Gasteiger partial charge in [-0.1, -0.05) is 48.2 Å². The van der Waals surface area contributed by atoms with Crippen LogP contribution in [-0.2, 0) is 25.6 Å². The first-order valence-corrected chi connectivity index (χ1v) is 14.9. The molecular weight excluding hydrogens is 588 g/mol. The molecule has 1 aromatic heterocycles. The van der Waals surface area contributed by atoms with Crippen molar-refractivity contribution in [1.29, 1.82) is 0 Å². The number of thioether (sulfide) groups is 1. The summed E-state index contributed by atoms with van der Waals surface area (Å²) in [7, 11) is 0. The van der Waals surface area contributed by atoms with Crippen LogP contribution in [0.25, 0.3) is 5.69 Å². The van der Waals surface area contributed by atoms with Crippen molar-refractivity contribution in [2.75, 3.05) is 24.2 Å². The molecule has 1 fully saturated rings. The number of phenolic OH excluding ortho intramolecular Hbond substituents is 1. The molecule has 44 heavy (non-hydrogen) atoms. The minimum Gasteiger partial charge on any atom is -0.508 e. The van der Waals surface area contributed by atoms with E-state index in [1.165, 1.54) is 11.8 Å². The maximum atomic E-state index is 12.4. The van der Waals surface area contributed by atoms with Gasteiger partial charge in [-0.15, -0.1) is 5.10 Å². The van der Waals surface area contributed by atoms with E-state index in [1.807, 2.05) is 30.3 Å². The summed E-state index contributed by atoms with van der Waals surface area (Å²) in [6.07, 6.45) is -0.786. The molecule has 0 bridgehead atoms. The Labute approximate surface area is 257 Å². The fourth-order valence-electron chi connectivity index (χ4n) is 4.52. The highest BCUT2D eigenvalue weighted by Crippen LogP contribution is 2.40. The number of carbonyl (C=O) groups is 2. The highest BCUT2D eigenvalue weighted by molar-refractivity contribution is 7.99. The van der Waals surface area contributed by atoms with Crippen molar-refractivity contribution >= 4 is 29.4 Å². The van der Waals surface area contributed by atoms with E-state index in [-0.39, 0.29) is 37.7 Å². The summed E-state index contributed by atoms with van der Waals surface area (Å²) in [5, 5.41) is 36.9. The average molecular weight is 621 g/mol. The van der Waals surface area contributed by atoms with Gasteiger partial charge >= 0.3 is 12.0 Å². The van der Waals surface area contributed by atoms with Crippen molar-refractivity contribution in [3.63, 3.8) is 0 Å². The van der Waals surface area contributed by atoms with Crippen LogP contribution >= 0.6 is 11.8 Å². The Kier molecular flexibility index (Phi) is 10.4. The van der Waals surface area contributed by atoms with Gasteiger partial charge in [0.25, 0.3) is 0 Å². The third-order valence-electron chi connectivity index (χ3n) is 6.66. The van der Waals surface area contributed by atoms with Crippen molar-refractivity contribution in [2.24, 2.45) is 0 Å². The van der Waals surface area contributed by atoms with Gasteiger partial charge in [-0.3, -0.25) is 4.79 Å². The van der Waals surface area contributed by atoms with Gasteiger partial charge in [0.05, 0.1) is 31.1 Å². The molecule has 5 rings (SSSR count). The van der Waals surface area contributed by atoms with E-state index in [0.717, 1.165) is 11.1 Å². The zero-order chi connectivity index (χ0) is 30.9. The quantitative estimate of drug-likeness (QED) is 0.142. The number of rotatable bonds is 11. The second-order valence-corrected chi connectivity index (χ2v) is 10.8. The third-order valence-corrected chi connectivity index (χ3v) is 7.71. The Morgan fingerprint density at radius 1 is 1.07 bits per heavy atom. The van der Waals surface area contributed by atoms with Crippen LogP contribution in [0.4, 0.5) is 10.5 Å². The Hall–Kier alpha value is -4.50. The van der Waals surface area contributed by atoms with Crippen molar-refractivity contribution in [2.45, 2.75) is 43.6 Å². The number of amides is 2. The van der Waals surface area contributed by atoms with Crippen LogP contribution in [0.15, 0.2) is 78.0 Å². The van der Waals surface area contributed by atoms with E-state index in [2.05, 4.69) is 26.2 Å². The standard InChI is InChI=1S/C30H32N6O7S/c1-2-41-27(39)16-31-29(40)32-22-5-3-4-21(14-22)28-42-25(15-26(43-28)20-8-6-19(17-37)7-9-20)18-44-30-33-34-35-36(30)23-10-12-24(38)13-11-23/h3-14,25-26,28,37-38H,2,15-18H2,1H3,(H2,31,32,40)/t25-,26+,28+/m1/s1. The van der Waals surface area contributed by atoms with Crippen molar-refractivity contribution < 1.29 is 34.0 Å². The zero-order valence-electron chi connectivity index (χ0n) is 23.8. The molecule has 14 heteroatoms. The van der Waals surface area contributed by atoms with E-state index in [0.29, 0.717) is 34.3 Å². The summed E-state index contributed by atoms with van der Waals surface area (Å²) >= 11 is 1.43. The SMILES string of the molecule is CCOC(=O)CNC(=O)Nc1cccc([C@H]2O[C@@H](CSc3nnnn3-c3ccc(O)cc3)C[C@@H](c3ccc(CO)cc3)O2)c1. The maximum absolute atomic E-state index is 12.4. The number of nitrogens with zero attached hydrogens (tertiary/aromatic N) is 4. The average Bonchev–Trinajstić information content (AvgIpc) is 3.52. The Balaban J connectivity index is 1.31. The number of esters is 1. The van der Waals surface area contributed by atoms with Gasteiger partial charge in [-0.05, 0) is 64.9 Å². The lowest BCUT2D eigenvalue weighted by Crippen LogP contribution is -2.34. The fraction of sp³-hybridized carbons (Fsp3) is 0.300. The molecule has 13 nitrogen and oxygen atoms in total. The van der Waals surface area contributed by atoms with Crippen LogP contribution in [-0.4, -0.2) is 67.4 Å². The van der Waals surface area contributed by atoms with Gasteiger partial charge in [0.2, 0.25) is 5.16 Å². The van der Waals surface area contributed by atoms with Crippen molar-refractivity contribution in [3.8, 4) is 11.4 Å². The van der Waals surface area contributed by atoms with Gasteiger partial charge in [0, 0.05) is 23.4 Å². The van der Waals surface area contributed by atoms with E-state index in [9.17, 15) is 19.8 Å². The number of anilines is 1. The number of benzene rings is 3. The lowest BCUT2D eigenvalue weighted by molar-refractivity contribution is -0.245. The topological polar surface area (TPSA) is 170 Å². The normalized spacial score (nSPS) is 18.0. The first-order valence-electron chi connectivity index (χ1n) is 13.9. The monoisotopic (exact) mass is 620 g/mol. The minimum absolute atomic E-state index is 0.0558. The number of hydrogen-bond acceptors (Lipinski definition) is 11. The first-order chi connectivity index (χ1) is 21.4. The molecule has 0 spiro atoms. The van der Waals surface area contributed by atoms with Gasteiger partial charge < -0.3 is 35.1 Å². The van der Waals surface area contributed by atoms with Crippen LogP contribution in [0.1, 0.15) is 42.4 Å². The number of ether oxygens (including phenoxy) is 3. The number of carbonyl (C=O) groups excluding carboxylic acids is 2. The molecule has 0 unspecified atom stereocenters. The number of aromatic hydroxyl groups is 1. The summed E-state index contributed by atoms with van der Waals surface area (Å²) in [6, 6.07) is 20.7. The summed E-state index contributed by atoms with van der Waals surface area (Å²) in [4.78, 5) is 23.9. The molecule has 3 atom stereocenters. The lowest BCUT2D eigenvalue weighted by atomic mass is 10.0. The van der Waals surface area contributed by atoms with Gasteiger partial charge in [-0.2, -0.15) is 4.68 Å². The number of urea groups is 1. The molecular formula is C30H32N6O7S. The van der Waals surface area contributed by atoms with E-state index >= 15 is 0 Å². The van der Waals surface area contributed by atoms with Crippen LogP contribution in [0, 0.1) is 0 Å². The fourth-order valence-corrected chi connectivity index (χ4v) is 5.43. The zero-order valence-corrected chi connectivity index (χ0v) is 24.6. The van der Waals surface area contributed by atoms with Crippen LogP contribution < -0.4 is 10.6 Å². The Morgan fingerprint density at radius 3 is 2.61 bits per heavy atom. The van der Waals surface area contributed by atoms with Crippen LogP contribution in [0.3, 0.4) is 0 Å². The first kappa shape index (κ1) is 30.9. The van der Waals surface area contributed by atoms with Crippen molar-refractivity contribution in [1.82, 2.24) is 25.5 Å². The Morgan fingerprint density at radius 2 is 1.86 bits per heavy atom. The third kappa shape index (κ3) is 8.11. The summed E-state index contributed by atoms with van der Waals surface area (Å²) in [5.74, 6) is 0.129. The number of tetrazole rings is 1. The predicted molar refractivity (Wildman–Crippen MR) is 160 cm³/mol. The maximum Gasteiger partial charge on any atom is 0.325 e. The van der Waals surface area contributed by atoms with Gasteiger partial charge in [0.1, 0.15) is 12.3 Å². The largest absolute Gasteiger partial charge is 0.508 e. The molecule has 2 heterocycles. The van der Waals surface area contributed by atoms with Gasteiger partial charge in [0.15, 0.2) is 6.29 Å². The van der Waals surface area contributed by atoms with Crippen LogP contribution in [0.2, 0.25) is 0 Å². The summed E-state index contributed by atoms with van der Waals surface area (Å²) < 4.78 is 19.3. The van der Waals surface area contributed by atoms with Gasteiger partial charge in [-0.25, -0.2) is 4.79 Å². The number of phenols is 1. The molecule has 230 valence electrons. The Bertz CT molecular complexity index is 1550. The molecule has 1 saturated heterocycles. The molecule has 4 N–H and O–H groups in total. The second kappa shape index (κ2) is 14.8. The number of aromatic nitrogens is 4. The number of aliphatic hydroxyl groups is 1. The molecule has 0 saturated carbocycles. The molecule has 1 aliphatic rings. The molecule has 2 amide bonds. The summed E-state index contributed by atoms with van der Waals surface area (Å²) in [6.45, 7) is 1.62. The predicted octanol–water partition coefficient (Wildman–Crippen LogP) is 3.88. The smallest absolute Gasteiger partial charge is 0.325 e. The second-order valence-electron chi connectivity index (χ2n) is 9.79.